The molecular formula is C21H34N2O3. The van der Waals surface area contributed by atoms with Crippen molar-refractivity contribution >= 4 is 17.7 Å². The van der Waals surface area contributed by atoms with E-state index in [4.69, 9.17) is 0 Å². The Morgan fingerprint density at radius 3 is 2.08 bits per heavy atom. The van der Waals surface area contributed by atoms with Crippen molar-refractivity contribution in [2.24, 2.45) is 23.2 Å². The number of imide groups is 1. The van der Waals surface area contributed by atoms with Gasteiger partial charge in [-0.25, -0.2) is 0 Å². The summed E-state index contributed by atoms with van der Waals surface area (Å²) < 4.78 is 0. The van der Waals surface area contributed by atoms with Gasteiger partial charge in [-0.05, 0) is 37.0 Å². The van der Waals surface area contributed by atoms with Crippen molar-refractivity contribution in [3.8, 4) is 0 Å². The van der Waals surface area contributed by atoms with Crippen molar-refractivity contribution in [2.75, 3.05) is 6.54 Å². The Kier molecular flexibility index (Phi) is 5.73. The van der Waals surface area contributed by atoms with Crippen LogP contribution in [0.1, 0.15) is 78.6 Å². The first-order valence-electron chi connectivity index (χ1n) is 10.4. The minimum atomic E-state index is -0.122. The minimum Gasteiger partial charge on any atom is -0.353 e. The summed E-state index contributed by atoms with van der Waals surface area (Å²) in [6, 6.07) is 0.212. The molecule has 0 aromatic rings. The maximum Gasteiger partial charge on any atom is 0.233 e. The second kappa shape index (κ2) is 7.69. The molecule has 26 heavy (non-hydrogen) atoms. The molecule has 5 nitrogen and oxygen atoms in total. The lowest BCUT2D eigenvalue weighted by Gasteiger charge is -2.40. The summed E-state index contributed by atoms with van der Waals surface area (Å²) in [5.41, 5.74) is 0.176. The van der Waals surface area contributed by atoms with Gasteiger partial charge in [0.1, 0.15) is 0 Å². The Morgan fingerprint density at radius 1 is 0.962 bits per heavy atom. The summed E-state index contributed by atoms with van der Waals surface area (Å²) in [6.07, 6.45) is 8.51. The van der Waals surface area contributed by atoms with Crippen molar-refractivity contribution in [3.63, 3.8) is 0 Å². The number of hydrogen-bond acceptors (Lipinski definition) is 3. The summed E-state index contributed by atoms with van der Waals surface area (Å²) in [6.45, 7) is 6.96. The summed E-state index contributed by atoms with van der Waals surface area (Å²) in [7, 11) is 0. The molecule has 0 aromatic heterocycles. The van der Waals surface area contributed by atoms with Gasteiger partial charge in [-0.3, -0.25) is 19.3 Å². The molecule has 5 heteroatoms. The quantitative estimate of drug-likeness (QED) is 0.781. The van der Waals surface area contributed by atoms with Gasteiger partial charge in [0.05, 0.1) is 11.8 Å². The molecule has 3 amide bonds. The molecule has 4 atom stereocenters. The first-order valence-corrected chi connectivity index (χ1v) is 10.4. The largest absolute Gasteiger partial charge is 0.353 e. The van der Waals surface area contributed by atoms with Crippen molar-refractivity contribution in [3.05, 3.63) is 0 Å². The maximum absolute atomic E-state index is 12.5. The second-order valence-electron chi connectivity index (χ2n) is 9.51. The molecule has 1 heterocycles. The molecular weight excluding hydrogens is 328 g/mol. The molecule has 1 N–H and O–H groups in total. The van der Waals surface area contributed by atoms with Crippen molar-refractivity contribution in [2.45, 2.75) is 84.6 Å². The van der Waals surface area contributed by atoms with Gasteiger partial charge in [0.25, 0.3) is 0 Å². The van der Waals surface area contributed by atoms with Crippen LogP contribution in [0.4, 0.5) is 0 Å². The summed E-state index contributed by atoms with van der Waals surface area (Å²) in [5.74, 6) is 0.126. The third-order valence-corrected chi connectivity index (χ3v) is 6.72. The molecule has 3 aliphatic rings. The third kappa shape index (κ3) is 3.96. The smallest absolute Gasteiger partial charge is 0.233 e. The van der Waals surface area contributed by atoms with Crippen LogP contribution in [0.15, 0.2) is 0 Å². The fourth-order valence-electron chi connectivity index (χ4n) is 5.28. The van der Waals surface area contributed by atoms with E-state index in [1.807, 2.05) is 0 Å². The van der Waals surface area contributed by atoms with Gasteiger partial charge in [0.15, 0.2) is 0 Å². The highest BCUT2D eigenvalue weighted by molar-refractivity contribution is 6.05. The van der Waals surface area contributed by atoms with E-state index in [-0.39, 0.29) is 54.0 Å². The van der Waals surface area contributed by atoms with E-state index in [0.29, 0.717) is 5.92 Å². The molecule has 1 saturated heterocycles. The van der Waals surface area contributed by atoms with E-state index in [0.717, 1.165) is 44.9 Å². The number of fused-ring (bicyclic) bond motifs is 1. The summed E-state index contributed by atoms with van der Waals surface area (Å²) in [5, 5.41) is 3.20. The van der Waals surface area contributed by atoms with Crippen molar-refractivity contribution in [1.82, 2.24) is 10.2 Å². The first kappa shape index (κ1) is 19.4. The molecule has 0 bridgehead atoms. The number of likely N-dealkylation sites (tertiary alicyclic amines) is 1. The predicted octanol–water partition coefficient (Wildman–Crippen LogP) is 3.27. The molecule has 3 fully saturated rings. The predicted molar refractivity (Wildman–Crippen MR) is 100 cm³/mol. The Balaban J connectivity index is 1.54. The molecule has 2 saturated carbocycles. The number of nitrogens with one attached hydrogen (secondary N) is 1. The summed E-state index contributed by atoms with van der Waals surface area (Å²) in [4.78, 5) is 38.9. The van der Waals surface area contributed by atoms with Crippen LogP contribution < -0.4 is 5.32 Å². The number of carbonyl (C=O) groups excluding carboxylic acids is 3. The molecule has 146 valence electrons. The van der Waals surface area contributed by atoms with Crippen molar-refractivity contribution in [1.29, 1.82) is 0 Å². The molecule has 0 radical (unpaired) electrons. The first-order chi connectivity index (χ1) is 12.3. The fourth-order valence-corrected chi connectivity index (χ4v) is 5.28. The Labute approximate surface area is 157 Å². The molecule has 0 aromatic carbocycles. The fraction of sp³-hybridized carbons (Fsp3) is 0.857. The Hall–Kier alpha value is -1.39. The van der Waals surface area contributed by atoms with E-state index in [2.05, 4.69) is 26.1 Å². The Morgan fingerprint density at radius 2 is 1.50 bits per heavy atom. The van der Waals surface area contributed by atoms with Crippen LogP contribution >= 0.6 is 0 Å². The topological polar surface area (TPSA) is 66.5 Å². The molecule has 4 unspecified atom stereocenters. The number of nitrogens with zero attached hydrogens (tertiary/aromatic N) is 1. The SMILES string of the molecule is CC(C)(C)C1CCCCC1NC(=O)CCN1C(=O)C2CCCCC2C1=O. The summed E-state index contributed by atoms with van der Waals surface area (Å²) >= 11 is 0. The van der Waals surface area contributed by atoms with Gasteiger partial charge in [0.2, 0.25) is 17.7 Å². The Bertz CT molecular complexity index is 542. The van der Waals surface area contributed by atoms with Crippen LogP contribution in [0.5, 0.6) is 0 Å². The monoisotopic (exact) mass is 362 g/mol. The molecule has 1 aliphatic heterocycles. The molecule has 2 aliphatic carbocycles. The highest BCUT2D eigenvalue weighted by atomic mass is 16.2. The average Bonchev–Trinajstić information content (AvgIpc) is 2.84. The molecule has 0 spiro atoms. The van der Waals surface area contributed by atoms with E-state index >= 15 is 0 Å². The van der Waals surface area contributed by atoms with E-state index in [1.54, 1.807) is 0 Å². The van der Waals surface area contributed by atoms with E-state index in [9.17, 15) is 14.4 Å². The highest BCUT2D eigenvalue weighted by Crippen LogP contribution is 2.39. The number of amides is 3. The second-order valence-corrected chi connectivity index (χ2v) is 9.51. The number of carbonyl (C=O) groups is 3. The normalized spacial score (nSPS) is 32.5. The third-order valence-electron chi connectivity index (χ3n) is 6.72. The zero-order valence-corrected chi connectivity index (χ0v) is 16.6. The van der Waals surface area contributed by atoms with Crippen LogP contribution in [-0.2, 0) is 14.4 Å². The van der Waals surface area contributed by atoms with Crippen LogP contribution in [0, 0.1) is 23.2 Å². The standard InChI is InChI=1S/C21H34N2O3/c1-21(2,3)16-10-6-7-11-17(16)22-18(24)12-13-23-19(25)14-8-4-5-9-15(14)20(23)26/h14-17H,4-13H2,1-3H3,(H,22,24). The maximum atomic E-state index is 12.5. The lowest BCUT2D eigenvalue weighted by molar-refractivity contribution is -0.140. The van der Waals surface area contributed by atoms with Crippen LogP contribution in [0.3, 0.4) is 0 Å². The zero-order valence-electron chi connectivity index (χ0n) is 16.6. The number of rotatable bonds is 4. The van der Waals surface area contributed by atoms with E-state index in [1.165, 1.54) is 11.3 Å². The van der Waals surface area contributed by atoms with Crippen molar-refractivity contribution < 1.29 is 14.4 Å². The van der Waals surface area contributed by atoms with E-state index < -0.39 is 0 Å². The van der Waals surface area contributed by atoms with Gasteiger partial charge in [-0.15, -0.1) is 0 Å². The van der Waals surface area contributed by atoms with Gasteiger partial charge in [-0.1, -0.05) is 46.5 Å². The van der Waals surface area contributed by atoms with Crippen LogP contribution in [0.25, 0.3) is 0 Å². The van der Waals surface area contributed by atoms with Crippen LogP contribution in [-0.4, -0.2) is 35.2 Å². The minimum absolute atomic E-state index is 0.0263. The zero-order chi connectivity index (χ0) is 18.9. The van der Waals surface area contributed by atoms with Gasteiger partial charge < -0.3 is 5.32 Å². The lowest BCUT2D eigenvalue weighted by Crippen LogP contribution is -2.47. The van der Waals surface area contributed by atoms with Gasteiger partial charge >= 0.3 is 0 Å². The number of hydrogen-bond donors (Lipinski definition) is 1. The van der Waals surface area contributed by atoms with Crippen LogP contribution in [0.2, 0.25) is 0 Å². The highest BCUT2D eigenvalue weighted by Gasteiger charge is 2.47. The lowest BCUT2D eigenvalue weighted by atomic mass is 9.69. The average molecular weight is 363 g/mol. The molecule has 3 rings (SSSR count). The van der Waals surface area contributed by atoms with Gasteiger partial charge in [0, 0.05) is 19.0 Å². The van der Waals surface area contributed by atoms with Gasteiger partial charge in [-0.2, -0.15) is 0 Å².